The van der Waals surface area contributed by atoms with E-state index in [0.29, 0.717) is 32.2 Å². The van der Waals surface area contributed by atoms with E-state index >= 15 is 0 Å². The smallest absolute Gasteiger partial charge is 0.409 e. The van der Waals surface area contributed by atoms with Crippen LogP contribution in [-0.4, -0.2) is 58.7 Å². The van der Waals surface area contributed by atoms with Gasteiger partial charge in [-0.15, -0.1) is 0 Å². The van der Waals surface area contributed by atoms with E-state index in [1.54, 1.807) is 11.1 Å². The molecule has 1 saturated heterocycles. The van der Waals surface area contributed by atoms with Gasteiger partial charge in [0.1, 0.15) is 5.82 Å². The Labute approximate surface area is 153 Å². The van der Waals surface area contributed by atoms with Crippen LogP contribution in [0.2, 0.25) is 0 Å². The number of ether oxygens (including phenoxy) is 1. The Morgan fingerprint density at radius 2 is 2.04 bits per heavy atom. The first-order valence-corrected chi connectivity index (χ1v) is 8.82. The molecule has 0 atom stereocenters. The summed E-state index contributed by atoms with van der Waals surface area (Å²) in [6, 6.07) is 7.76. The molecule has 1 fully saturated rings. The molecule has 1 aliphatic rings. The first-order chi connectivity index (χ1) is 12.7. The van der Waals surface area contributed by atoms with Crippen LogP contribution >= 0.6 is 0 Å². The lowest BCUT2D eigenvalue weighted by atomic mass is 10.3. The van der Waals surface area contributed by atoms with Crippen LogP contribution in [0.3, 0.4) is 0 Å². The van der Waals surface area contributed by atoms with E-state index in [9.17, 15) is 4.79 Å². The predicted molar refractivity (Wildman–Crippen MR) is 99.1 cm³/mol. The van der Waals surface area contributed by atoms with Crippen LogP contribution < -0.4 is 10.2 Å². The highest BCUT2D eigenvalue weighted by molar-refractivity contribution is 5.68. The second kappa shape index (κ2) is 8.46. The second-order valence-electron chi connectivity index (χ2n) is 6.04. The topological polar surface area (TPSA) is 83.5 Å². The maximum absolute atomic E-state index is 11.8. The lowest BCUT2D eigenvalue weighted by Crippen LogP contribution is -2.49. The molecule has 2 aromatic heterocycles. The van der Waals surface area contributed by atoms with Gasteiger partial charge >= 0.3 is 6.09 Å². The van der Waals surface area contributed by atoms with Crippen molar-refractivity contribution in [2.45, 2.75) is 20.4 Å². The molecule has 26 heavy (non-hydrogen) atoms. The van der Waals surface area contributed by atoms with E-state index in [1.165, 1.54) is 0 Å². The molecule has 1 aliphatic heterocycles. The minimum absolute atomic E-state index is 0.247. The lowest BCUT2D eigenvalue weighted by molar-refractivity contribution is 0.105. The third-order valence-corrected chi connectivity index (χ3v) is 4.12. The molecule has 138 valence electrons. The number of hydrogen-bond acceptors (Lipinski definition) is 7. The number of aryl methyl sites for hydroxylation is 1. The van der Waals surface area contributed by atoms with Gasteiger partial charge in [-0.3, -0.25) is 4.98 Å². The number of rotatable bonds is 5. The van der Waals surface area contributed by atoms with Gasteiger partial charge in [-0.1, -0.05) is 6.07 Å². The largest absolute Gasteiger partial charge is 0.450 e. The van der Waals surface area contributed by atoms with Crippen LogP contribution in [0.15, 0.2) is 30.5 Å². The minimum atomic E-state index is -0.247. The third kappa shape index (κ3) is 4.59. The van der Waals surface area contributed by atoms with Crippen molar-refractivity contribution < 1.29 is 9.53 Å². The summed E-state index contributed by atoms with van der Waals surface area (Å²) in [6.45, 7) is 7.42. The Morgan fingerprint density at radius 1 is 1.23 bits per heavy atom. The van der Waals surface area contributed by atoms with Crippen molar-refractivity contribution in [1.82, 2.24) is 19.9 Å². The zero-order chi connectivity index (χ0) is 18.4. The molecule has 0 aromatic carbocycles. The monoisotopic (exact) mass is 356 g/mol. The Hall–Kier alpha value is -2.90. The maximum atomic E-state index is 11.8. The number of carbonyl (C=O) groups excluding carboxylic acids is 1. The molecule has 0 bridgehead atoms. The molecule has 2 aromatic rings. The summed E-state index contributed by atoms with van der Waals surface area (Å²) in [5.41, 5.74) is 1.83. The van der Waals surface area contributed by atoms with Crippen LogP contribution in [0, 0.1) is 6.92 Å². The van der Waals surface area contributed by atoms with Crippen molar-refractivity contribution in [2.75, 3.05) is 43.0 Å². The van der Waals surface area contributed by atoms with Gasteiger partial charge < -0.3 is 19.9 Å². The third-order valence-electron chi connectivity index (χ3n) is 4.12. The average Bonchev–Trinajstić information content (AvgIpc) is 2.67. The summed E-state index contributed by atoms with van der Waals surface area (Å²) in [6.07, 6.45) is 1.52. The first-order valence-electron chi connectivity index (χ1n) is 8.82. The van der Waals surface area contributed by atoms with Gasteiger partial charge in [-0.2, -0.15) is 4.98 Å². The zero-order valence-electron chi connectivity index (χ0n) is 15.2. The highest BCUT2D eigenvalue weighted by Crippen LogP contribution is 2.17. The summed E-state index contributed by atoms with van der Waals surface area (Å²) in [5, 5.41) is 3.23. The van der Waals surface area contributed by atoms with Crippen molar-refractivity contribution in [3.8, 4) is 0 Å². The molecular formula is C18H24N6O2. The second-order valence-corrected chi connectivity index (χ2v) is 6.04. The number of hydrogen-bond donors (Lipinski definition) is 1. The zero-order valence-corrected chi connectivity index (χ0v) is 15.2. The molecule has 0 unspecified atom stereocenters. The number of piperazine rings is 1. The molecule has 0 saturated carbocycles. The van der Waals surface area contributed by atoms with Gasteiger partial charge in [0, 0.05) is 44.1 Å². The van der Waals surface area contributed by atoms with Crippen LogP contribution in [0.1, 0.15) is 18.3 Å². The minimum Gasteiger partial charge on any atom is -0.450 e. The molecular weight excluding hydrogens is 332 g/mol. The van der Waals surface area contributed by atoms with Gasteiger partial charge in [0.25, 0.3) is 0 Å². The summed E-state index contributed by atoms with van der Waals surface area (Å²) in [5.74, 6) is 1.45. The number of aromatic nitrogens is 3. The number of carbonyl (C=O) groups is 1. The maximum Gasteiger partial charge on any atom is 0.409 e. The van der Waals surface area contributed by atoms with Crippen LogP contribution in [-0.2, 0) is 11.3 Å². The van der Waals surface area contributed by atoms with E-state index in [4.69, 9.17) is 4.74 Å². The predicted octanol–water partition coefficient (Wildman–Crippen LogP) is 2.07. The number of amides is 1. The molecule has 1 amide bonds. The van der Waals surface area contributed by atoms with E-state index in [1.807, 2.05) is 38.1 Å². The van der Waals surface area contributed by atoms with Gasteiger partial charge in [0.05, 0.1) is 18.8 Å². The normalized spacial score (nSPS) is 14.2. The highest BCUT2D eigenvalue weighted by Gasteiger charge is 2.23. The Balaban J connectivity index is 1.62. The van der Waals surface area contributed by atoms with Crippen molar-refractivity contribution in [3.63, 3.8) is 0 Å². The number of anilines is 2. The molecule has 1 N–H and O–H groups in total. The highest BCUT2D eigenvalue weighted by atomic mass is 16.6. The Morgan fingerprint density at radius 3 is 2.73 bits per heavy atom. The fourth-order valence-corrected chi connectivity index (χ4v) is 2.80. The van der Waals surface area contributed by atoms with Crippen LogP contribution in [0.5, 0.6) is 0 Å². The fraction of sp³-hybridized carbons (Fsp3) is 0.444. The number of pyridine rings is 1. The molecule has 0 radical (unpaired) electrons. The van der Waals surface area contributed by atoms with Crippen molar-refractivity contribution in [2.24, 2.45) is 0 Å². The molecule has 3 heterocycles. The van der Waals surface area contributed by atoms with Crippen molar-refractivity contribution in [3.05, 3.63) is 41.9 Å². The molecule has 3 rings (SSSR count). The Bertz CT molecular complexity index is 732. The quantitative estimate of drug-likeness (QED) is 0.878. The standard InChI is InChI=1S/C18H24N6O2/c1-3-26-18(25)24-10-8-23(9-11-24)16-12-14(2)21-17(22-16)20-13-15-6-4-5-7-19-15/h4-7,12H,3,8-11,13H2,1-2H3,(H,20,21,22). The average molecular weight is 356 g/mol. The van der Waals surface area contributed by atoms with E-state index in [2.05, 4.69) is 25.2 Å². The van der Waals surface area contributed by atoms with E-state index < -0.39 is 0 Å². The number of nitrogens with one attached hydrogen (secondary N) is 1. The lowest BCUT2D eigenvalue weighted by Gasteiger charge is -2.34. The molecule has 8 nitrogen and oxygen atoms in total. The summed E-state index contributed by atoms with van der Waals surface area (Å²) < 4.78 is 5.06. The number of nitrogens with zero attached hydrogens (tertiary/aromatic N) is 5. The first kappa shape index (κ1) is 17.9. The van der Waals surface area contributed by atoms with Gasteiger partial charge in [0.2, 0.25) is 5.95 Å². The fourth-order valence-electron chi connectivity index (χ4n) is 2.80. The van der Waals surface area contributed by atoms with Gasteiger partial charge in [-0.25, -0.2) is 9.78 Å². The van der Waals surface area contributed by atoms with Crippen molar-refractivity contribution in [1.29, 1.82) is 0 Å². The molecule has 8 heteroatoms. The van der Waals surface area contributed by atoms with Crippen molar-refractivity contribution >= 4 is 17.9 Å². The Kier molecular flexibility index (Phi) is 5.83. The molecule has 0 spiro atoms. The van der Waals surface area contributed by atoms with E-state index in [-0.39, 0.29) is 6.09 Å². The molecule has 0 aliphatic carbocycles. The van der Waals surface area contributed by atoms with Gasteiger partial charge in [0.15, 0.2) is 0 Å². The van der Waals surface area contributed by atoms with Crippen LogP contribution in [0.25, 0.3) is 0 Å². The van der Waals surface area contributed by atoms with Gasteiger partial charge in [-0.05, 0) is 26.0 Å². The summed E-state index contributed by atoms with van der Waals surface area (Å²) in [4.78, 5) is 29.1. The van der Waals surface area contributed by atoms with Crippen LogP contribution in [0.4, 0.5) is 16.6 Å². The summed E-state index contributed by atoms with van der Waals surface area (Å²) >= 11 is 0. The summed E-state index contributed by atoms with van der Waals surface area (Å²) in [7, 11) is 0. The van der Waals surface area contributed by atoms with E-state index in [0.717, 1.165) is 30.3 Å². The SMILES string of the molecule is CCOC(=O)N1CCN(c2cc(C)nc(NCc3ccccn3)n2)CC1.